The standard InChI is InChI=1S/C15H12Br2N2O4/c1-9-3-2-4-12(19(21)22)15(9)18-14(20)8-23-13-6-5-10(16)7-11(13)17/h2-7H,8H2,1H3,(H,18,20). The summed E-state index contributed by atoms with van der Waals surface area (Å²) in [7, 11) is 0. The highest BCUT2D eigenvalue weighted by molar-refractivity contribution is 9.11. The largest absolute Gasteiger partial charge is 0.483 e. The van der Waals surface area contributed by atoms with Gasteiger partial charge in [0.25, 0.3) is 11.6 Å². The first kappa shape index (κ1) is 17.4. The lowest BCUT2D eigenvalue weighted by molar-refractivity contribution is -0.384. The first-order chi connectivity index (χ1) is 10.9. The number of aryl methyl sites for hydroxylation is 1. The topological polar surface area (TPSA) is 81.5 Å². The Kier molecular flexibility index (Phi) is 5.73. The maximum Gasteiger partial charge on any atom is 0.293 e. The van der Waals surface area contributed by atoms with E-state index in [1.807, 2.05) is 0 Å². The number of amides is 1. The number of carbonyl (C=O) groups is 1. The Morgan fingerprint density at radius 2 is 2.04 bits per heavy atom. The second-order valence-electron chi connectivity index (χ2n) is 4.64. The molecule has 0 aromatic heterocycles. The fourth-order valence-corrected chi connectivity index (χ4v) is 3.04. The monoisotopic (exact) mass is 442 g/mol. The van der Waals surface area contributed by atoms with Crippen molar-refractivity contribution in [3.05, 3.63) is 61.0 Å². The van der Waals surface area contributed by atoms with E-state index >= 15 is 0 Å². The predicted octanol–water partition coefficient (Wildman–Crippen LogP) is 4.45. The van der Waals surface area contributed by atoms with Crippen LogP contribution in [0, 0.1) is 17.0 Å². The minimum Gasteiger partial charge on any atom is -0.483 e. The Hall–Kier alpha value is -1.93. The van der Waals surface area contributed by atoms with Crippen LogP contribution < -0.4 is 10.1 Å². The Balaban J connectivity index is 2.07. The van der Waals surface area contributed by atoms with Crippen molar-refractivity contribution in [1.29, 1.82) is 0 Å². The van der Waals surface area contributed by atoms with Gasteiger partial charge >= 0.3 is 0 Å². The molecule has 2 aromatic carbocycles. The molecular weight excluding hydrogens is 432 g/mol. The van der Waals surface area contributed by atoms with E-state index in [9.17, 15) is 14.9 Å². The molecule has 120 valence electrons. The predicted molar refractivity (Wildman–Crippen MR) is 93.8 cm³/mol. The summed E-state index contributed by atoms with van der Waals surface area (Å²) in [5, 5.41) is 13.6. The normalized spacial score (nSPS) is 10.2. The number of nitro groups is 1. The lowest BCUT2D eigenvalue weighted by Gasteiger charge is -2.11. The molecule has 0 saturated carbocycles. The third-order valence-corrected chi connectivity index (χ3v) is 4.08. The summed E-state index contributed by atoms with van der Waals surface area (Å²) in [6.45, 7) is 1.43. The Bertz CT molecular complexity index is 765. The van der Waals surface area contributed by atoms with Gasteiger partial charge in [-0.1, -0.05) is 28.1 Å². The average Bonchev–Trinajstić information content (AvgIpc) is 2.48. The molecule has 0 saturated heterocycles. The van der Waals surface area contributed by atoms with Gasteiger partial charge in [0.05, 0.1) is 9.40 Å². The van der Waals surface area contributed by atoms with Gasteiger partial charge in [-0.15, -0.1) is 0 Å². The number of hydrogen-bond acceptors (Lipinski definition) is 4. The van der Waals surface area contributed by atoms with Gasteiger partial charge in [-0.05, 0) is 46.6 Å². The van der Waals surface area contributed by atoms with E-state index in [2.05, 4.69) is 37.2 Å². The summed E-state index contributed by atoms with van der Waals surface area (Å²) in [5.41, 5.74) is 0.640. The SMILES string of the molecule is Cc1cccc([N+](=O)[O-])c1NC(=O)COc1ccc(Br)cc1Br. The van der Waals surface area contributed by atoms with E-state index in [0.29, 0.717) is 15.8 Å². The van der Waals surface area contributed by atoms with Crippen molar-refractivity contribution < 1.29 is 14.5 Å². The van der Waals surface area contributed by atoms with Crippen molar-refractivity contribution in [3.8, 4) is 5.75 Å². The quantitative estimate of drug-likeness (QED) is 0.546. The van der Waals surface area contributed by atoms with Gasteiger partial charge in [0, 0.05) is 10.5 Å². The minimum atomic E-state index is -0.533. The van der Waals surface area contributed by atoms with Crippen LogP contribution >= 0.6 is 31.9 Å². The molecule has 2 rings (SSSR count). The van der Waals surface area contributed by atoms with E-state index in [1.165, 1.54) is 6.07 Å². The highest BCUT2D eigenvalue weighted by Gasteiger charge is 2.18. The molecule has 0 spiro atoms. The number of carbonyl (C=O) groups excluding carboxylic acids is 1. The van der Waals surface area contributed by atoms with Crippen LogP contribution in [-0.4, -0.2) is 17.4 Å². The smallest absolute Gasteiger partial charge is 0.293 e. The molecule has 0 bridgehead atoms. The highest BCUT2D eigenvalue weighted by Crippen LogP contribution is 2.29. The molecule has 8 heteroatoms. The van der Waals surface area contributed by atoms with E-state index in [-0.39, 0.29) is 18.0 Å². The van der Waals surface area contributed by atoms with Crippen LogP contribution in [0.5, 0.6) is 5.75 Å². The molecule has 0 aliphatic carbocycles. The van der Waals surface area contributed by atoms with Gasteiger partial charge in [-0.2, -0.15) is 0 Å². The molecule has 0 unspecified atom stereocenters. The number of nitro benzene ring substituents is 1. The maximum atomic E-state index is 12.0. The third-order valence-electron chi connectivity index (χ3n) is 2.96. The van der Waals surface area contributed by atoms with Crippen LogP contribution in [0.15, 0.2) is 45.3 Å². The molecule has 0 aliphatic heterocycles. The van der Waals surface area contributed by atoms with Gasteiger partial charge in [0.1, 0.15) is 11.4 Å². The minimum absolute atomic E-state index is 0.150. The van der Waals surface area contributed by atoms with Crippen molar-refractivity contribution in [2.45, 2.75) is 6.92 Å². The van der Waals surface area contributed by atoms with Crippen molar-refractivity contribution in [1.82, 2.24) is 0 Å². The van der Waals surface area contributed by atoms with Gasteiger partial charge in [-0.3, -0.25) is 14.9 Å². The Morgan fingerprint density at radius 1 is 1.30 bits per heavy atom. The molecule has 2 aromatic rings. The maximum absolute atomic E-state index is 12.0. The summed E-state index contributed by atoms with van der Waals surface area (Å²) in [4.78, 5) is 22.5. The fourth-order valence-electron chi connectivity index (χ4n) is 1.88. The van der Waals surface area contributed by atoms with Crippen molar-refractivity contribution in [3.63, 3.8) is 0 Å². The van der Waals surface area contributed by atoms with E-state index in [1.54, 1.807) is 37.3 Å². The number of nitrogens with zero attached hydrogens (tertiary/aromatic N) is 1. The number of rotatable bonds is 5. The number of nitrogens with one attached hydrogen (secondary N) is 1. The van der Waals surface area contributed by atoms with Gasteiger partial charge < -0.3 is 10.1 Å². The van der Waals surface area contributed by atoms with E-state index in [4.69, 9.17) is 4.74 Å². The van der Waals surface area contributed by atoms with Crippen molar-refractivity contribution >= 4 is 49.1 Å². The van der Waals surface area contributed by atoms with Crippen molar-refractivity contribution in [2.24, 2.45) is 0 Å². The Morgan fingerprint density at radius 3 is 2.70 bits per heavy atom. The number of halogens is 2. The molecule has 1 amide bonds. The van der Waals surface area contributed by atoms with Crippen molar-refractivity contribution in [2.75, 3.05) is 11.9 Å². The summed E-state index contributed by atoms with van der Waals surface area (Å²) < 4.78 is 6.98. The summed E-state index contributed by atoms with van der Waals surface area (Å²) in [6, 6.07) is 9.88. The zero-order valence-electron chi connectivity index (χ0n) is 12.0. The van der Waals surface area contributed by atoms with Gasteiger partial charge in [0.2, 0.25) is 0 Å². The van der Waals surface area contributed by atoms with E-state index in [0.717, 1.165) is 4.47 Å². The molecule has 0 fully saturated rings. The lowest BCUT2D eigenvalue weighted by atomic mass is 10.1. The second kappa shape index (κ2) is 7.56. The second-order valence-corrected chi connectivity index (χ2v) is 6.41. The van der Waals surface area contributed by atoms with Crippen LogP contribution in [0.25, 0.3) is 0 Å². The number of anilines is 1. The summed E-state index contributed by atoms with van der Waals surface area (Å²) in [5.74, 6) is 0.0276. The molecule has 0 atom stereocenters. The molecule has 1 N–H and O–H groups in total. The van der Waals surface area contributed by atoms with Gasteiger partial charge in [0.15, 0.2) is 6.61 Å². The first-order valence-electron chi connectivity index (χ1n) is 6.50. The van der Waals surface area contributed by atoms with Gasteiger partial charge in [-0.25, -0.2) is 0 Å². The van der Waals surface area contributed by atoms with E-state index < -0.39 is 10.8 Å². The van der Waals surface area contributed by atoms with Crippen LogP contribution in [0.2, 0.25) is 0 Å². The zero-order valence-corrected chi connectivity index (χ0v) is 15.2. The summed E-state index contributed by atoms with van der Waals surface area (Å²) in [6.07, 6.45) is 0. The van der Waals surface area contributed by atoms with Crippen LogP contribution in [-0.2, 0) is 4.79 Å². The number of ether oxygens (including phenoxy) is 1. The fraction of sp³-hybridized carbons (Fsp3) is 0.133. The molecule has 6 nitrogen and oxygen atoms in total. The Labute approximate surface area is 149 Å². The summed E-state index contributed by atoms with van der Waals surface area (Å²) >= 11 is 6.65. The third kappa shape index (κ3) is 4.52. The number of para-hydroxylation sites is 1. The van der Waals surface area contributed by atoms with Crippen LogP contribution in [0.4, 0.5) is 11.4 Å². The number of hydrogen-bond donors (Lipinski definition) is 1. The molecule has 23 heavy (non-hydrogen) atoms. The first-order valence-corrected chi connectivity index (χ1v) is 8.09. The average molecular weight is 444 g/mol. The molecule has 0 radical (unpaired) electrons. The molecule has 0 heterocycles. The highest BCUT2D eigenvalue weighted by atomic mass is 79.9. The van der Waals surface area contributed by atoms with Crippen LogP contribution in [0.1, 0.15) is 5.56 Å². The molecule has 0 aliphatic rings. The lowest BCUT2D eigenvalue weighted by Crippen LogP contribution is -2.21. The zero-order chi connectivity index (χ0) is 17.0. The van der Waals surface area contributed by atoms with Crippen LogP contribution in [0.3, 0.4) is 0 Å². The number of benzene rings is 2. The molecular formula is C15H12Br2N2O4.